The van der Waals surface area contributed by atoms with Crippen molar-refractivity contribution in [2.75, 3.05) is 0 Å². The van der Waals surface area contributed by atoms with E-state index in [1.165, 1.54) is 0 Å². The van der Waals surface area contributed by atoms with Gasteiger partial charge < -0.3 is 0 Å². The standard InChI is InChI=1S/C16H17F2N/c17-11-8-15(18)16(9-4-1-5-10-16)14-7-3-2-6-13(14)12-19/h2-3,6-8,11,15H,1,4-5,9-10H2. The molecule has 1 aliphatic carbocycles. The van der Waals surface area contributed by atoms with Gasteiger partial charge in [-0.3, -0.25) is 0 Å². The van der Waals surface area contributed by atoms with Crippen LogP contribution in [-0.4, -0.2) is 6.17 Å². The molecule has 0 aromatic heterocycles. The highest BCUT2D eigenvalue weighted by Crippen LogP contribution is 2.45. The second kappa shape index (κ2) is 5.97. The quantitative estimate of drug-likeness (QED) is 0.781. The van der Waals surface area contributed by atoms with Crippen LogP contribution in [0.25, 0.3) is 0 Å². The lowest BCUT2D eigenvalue weighted by Gasteiger charge is -2.39. The first kappa shape index (κ1) is 13.7. The van der Waals surface area contributed by atoms with Gasteiger partial charge in [0.1, 0.15) is 6.17 Å². The predicted molar refractivity (Wildman–Crippen MR) is 71.1 cm³/mol. The Kier molecular flexibility index (Phi) is 4.31. The molecule has 0 bridgehead atoms. The summed E-state index contributed by atoms with van der Waals surface area (Å²) < 4.78 is 26.9. The third kappa shape index (κ3) is 2.53. The van der Waals surface area contributed by atoms with Gasteiger partial charge in [-0.05, 0) is 30.5 Å². The number of hydrogen-bond donors (Lipinski definition) is 0. The topological polar surface area (TPSA) is 23.8 Å². The minimum absolute atomic E-state index is 0.274. The first-order valence-electron chi connectivity index (χ1n) is 6.65. The SMILES string of the molecule is N#Cc1ccccc1C1(C(F)C=CF)CCCCC1. The summed E-state index contributed by atoms with van der Waals surface area (Å²) in [5.41, 5.74) is 0.481. The Morgan fingerprint density at radius 1 is 1.21 bits per heavy atom. The minimum Gasteiger partial charge on any atom is -0.242 e. The third-order valence-corrected chi connectivity index (χ3v) is 4.10. The van der Waals surface area contributed by atoms with Crippen LogP contribution in [0.4, 0.5) is 8.78 Å². The summed E-state index contributed by atoms with van der Waals surface area (Å²) >= 11 is 0. The molecule has 1 unspecified atom stereocenters. The monoisotopic (exact) mass is 261 g/mol. The first-order valence-corrected chi connectivity index (χ1v) is 6.65. The molecule has 0 saturated heterocycles. The highest BCUT2D eigenvalue weighted by atomic mass is 19.1. The molecule has 0 heterocycles. The zero-order valence-corrected chi connectivity index (χ0v) is 10.8. The Morgan fingerprint density at radius 2 is 1.89 bits per heavy atom. The molecule has 1 aromatic carbocycles. The van der Waals surface area contributed by atoms with Crippen molar-refractivity contribution in [1.82, 2.24) is 0 Å². The van der Waals surface area contributed by atoms with Crippen LogP contribution in [0.15, 0.2) is 36.7 Å². The molecule has 1 saturated carbocycles. The fourth-order valence-corrected chi connectivity index (χ4v) is 3.14. The van der Waals surface area contributed by atoms with E-state index in [0.717, 1.165) is 30.9 Å². The molecule has 2 rings (SSSR count). The van der Waals surface area contributed by atoms with Gasteiger partial charge in [0, 0.05) is 5.41 Å². The Labute approximate surface area is 112 Å². The van der Waals surface area contributed by atoms with Gasteiger partial charge in [-0.15, -0.1) is 0 Å². The van der Waals surface area contributed by atoms with E-state index < -0.39 is 11.6 Å². The van der Waals surface area contributed by atoms with Crippen molar-refractivity contribution in [3.63, 3.8) is 0 Å². The van der Waals surface area contributed by atoms with Gasteiger partial charge in [-0.25, -0.2) is 8.78 Å². The van der Waals surface area contributed by atoms with Crippen molar-refractivity contribution in [2.24, 2.45) is 0 Å². The van der Waals surface area contributed by atoms with Crippen LogP contribution in [0.2, 0.25) is 0 Å². The van der Waals surface area contributed by atoms with Gasteiger partial charge in [0.2, 0.25) is 0 Å². The van der Waals surface area contributed by atoms with E-state index in [4.69, 9.17) is 0 Å². The first-order chi connectivity index (χ1) is 9.24. The highest BCUT2D eigenvalue weighted by molar-refractivity contribution is 5.44. The molecule has 3 heteroatoms. The molecule has 0 amide bonds. The molecule has 0 N–H and O–H groups in total. The summed E-state index contributed by atoms with van der Waals surface area (Å²) in [7, 11) is 0. The number of nitrogens with zero attached hydrogens (tertiary/aromatic N) is 1. The van der Waals surface area contributed by atoms with Crippen LogP contribution in [0, 0.1) is 11.3 Å². The lowest BCUT2D eigenvalue weighted by atomic mass is 9.65. The van der Waals surface area contributed by atoms with Gasteiger partial charge in [-0.2, -0.15) is 5.26 Å². The second-order valence-corrected chi connectivity index (χ2v) is 5.09. The van der Waals surface area contributed by atoms with E-state index in [1.54, 1.807) is 12.1 Å². The Balaban J connectivity index is 2.51. The molecule has 0 spiro atoms. The maximum Gasteiger partial charge on any atom is 0.130 e. The fraction of sp³-hybridized carbons (Fsp3) is 0.438. The predicted octanol–water partition coefficient (Wildman–Crippen LogP) is 4.58. The number of halogens is 2. The number of hydrogen-bond acceptors (Lipinski definition) is 1. The Hall–Kier alpha value is -1.69. The van der Waals surface area contributed by atoms with Crippen LogP contribution < -0.4 is 0 Å². The summed E-state index contributed by atoms with van der Waals surface area (Å²) in [4.78, 5) is 0. The van der Waals surface area contributed by atoms with Gasteiger partial charge >= 0.3 is 0 Å². The molecule has 1 fully saturated rings. The van der Waals surface area contributed by atoms with Gasteiger partial charge in [-0.1, -0.05) is 37.5 Å². The van der Waals surface area contributed by atoms with Gasteiger partial charge in [0.25, 0.3) is 0 Å². The highest BCUT2D eigenvalue weighted by Gasteiger charge is 2.42. The van der Waals surface area contributed by atoms with Crippen molar-refractivity contribution >= 4 is 0 Å². The molecule has 1 nitrogen and oxygen atoms in total. The molecular formula is C16H17F2N. The number of alkyl halides is 1. The maximum absolute atomic E-state index is 14.5. The third-order valence-electron chi connectivity index (χ3n) is 4.10. The minimum atomic E-state index is -1.38. The van der Waals surface area contributed by atoms with Gasteiger partial charge in [0.05, 0.1) is 18.0 Å². The smallest absolute Gasteiger partial charge is 0.130 e. The van der Waals surface area contributed by atoms with Crippen molar-refractivity contribution in [2.45, 2.75) is 43.7 Å². The van der Waals surface area contributed by atoms with Crippen LogP contribution in [0.1, 0.15) is 43.2 Å². The van der Waals surface area contributed by atoms with E-state index in [9.17, 15) is 14.0 Å². The average Bonchev–Trinajstić information content (AvgIpc) is 2.48. The van der Waals surface area contributed by atoms with E-state index in [2.05, 4.69) is 6.07 Å². The van der Waals surface area contributed by atoms with E-state index in [0.29, 0.717) is 18.4 Å². The second-order valence-electron chi connectivity index (χ2n) is 5.09. The Bertz CT molecular complexity index is 496. The summed E-state index contributed by atoms with van der Waals surface area (Å²) in [5, 5.41) is 9.21. The molecule has 19 heavy (non-hydrogen) atoms. The molecule has 0 aliphatic heterocycles. The number of benzene rings is 1. The maximum atomic E-state index is 14.5. The van der Waals surface area contributed by atoms with Crippen molar-refractivity contribution in [3.8, 4) is 6.07 Å². The zero-order valence-electron chi connectivity index (χ0n) is 10.8. The summed E-state index contributed by atoms with van der Waals surface area (Å²) in [5.74, 6) is 0. The number of rotatable bonds is 3. The summed E-state index contributed by atoms with van der Waals surface area (Å²) in [6.45, 7) is 0. The van der Waals surface area contributed by atoms with Gasteiger partial charge in [0.15, 0.2) is 0 Å². The molecule has 1 atom stereocenters. The number of nitriles is 1. The van der Waals surface area contributed by atoms with Crippen LogP contribution in [0.5, 0.6) is 0 Å². The normalized spacial score (nSPS) is 20.1. The fourth-order valence-electron chi connectivity index (χ4n) is 3.14. The lowest BCUT2D eigenvalue weighted by Crippen LogP contribution is -2.38. The average molecular weight is 261 g/mol. The molecular weight excluding hydrogens is 244 g/mol. The van der Waals surface area contributed by atoms with Crippen LogP contribution in [-0.2, 0) is 5.41 Å². The van der Waals surface area contributed by atoms with E-state index in [1.807, 2.05) is 12.1 Å². The van der Waals surface area contributed by atoms with Crippen LogP contribution >= 0.6 is 0 Å². The molecule has 100 valence electrons. The Morgan fingerprint density at radius 3 is 2.53 bits per heavy atom. The largest absolute Gasteiger partial charge is 0.242 e. The van der Waals surface area contributed by atoms with Crippen molar-refractivity contribution < 1.29 is 8.78 Å². The van der Waals surface area contributed by atoms with Crippen molar-refractivity contribution in [1.29, 1.82) is 5.26 Å². The van der Waals surface area contributed by atoms with E-state index >= 15 is 0 Å². The van der Waals surface area contributed by atoms with E-state index in [-0.39, 0.29) is 6.33 Å². The van der Waals surface area contributed by atoms with Crippen molar-refractivity contribution in [3.05, 3.63) is 47.8 Å². The molecule has 0 radical (unpaired) electrons. The molecule has 1 aliphatic rings. The number of allylic oxidation sites excluding steroid dienone is 1. The zero-order chi connectivity index (χ0) is 13.7. The molecule has 1 aromatic rings. The summed E-state index contributed by atoms with van der Waals surface area (Å²) in [6.07, 6.45) is 4.10. The lowest BCUT2D eigenvalue weighted by molar-refractivity contribution is 0.171. The van der Waals surface area contributed by atoms with Crippen LogP contribution in [0.3, 0.4) is 0 Å². The summed E-state index contributed by atoms with van der Waals surface area (Å²) in [6, 6.07) is 9.24.